The average molecular weight is 438 g/mol. The molecule has 0 aliphatic heterocycles. The molecule has 32 heavy (non-hydrogen) atoms. The predicted molar refractivity (Wildman–Crippen MR) is 126 cm³/mol. The third kappa shape index (κ3) is 6.05. The highest BCUT2D eigenvalue weighted by molar-refractivity contribution is 5.65. The Morgan fingerprint density at radius 2 is 1.84 bits per heavy atom. The standard InChI is InChI=1S/C26H32FN3O2/c1-5-6-12-22(31)17-30(19(2)3)18-24-25(20-10-8-7-9-11-20)28-29(4)26(24)32-23-15-13-21(27)14-16-23/h5,7-11,13-16,19,22,31H,1,6,12,17-18H2,2-4H3/t22-/m1/s1. The molecule has 2 aromatic carbocycles. The third-order valence-electron chi connectivity index (χ3n) is 5.40. The highest BCUT2D eigenvalue weighted by Gasteiger charge is 2.24. The van der Waals surface area contributed by atoms with Crippen LogP contribution in [-0.2, 0) is 13.6 Å². The summed E-state index contributed by atoms with van der Waals surface area (Å²) in [6.07, 6.45) is 2.82. The van der Waals surface area contributed by atoms with E-state index in [0.717, 1.165) is 23.2 Å². The van der Waals surface area contributed by atoms with Crippen molar-refractivity contribution in [3.05, 3.63) is 78.6 Å². The summed E-state index contributed by atoms with van der Waals surface area (Å²) in [5.41, 5.74) is 2.74. The molecule has 0 amide bonds. The molecule has 0 saturated heterocycles. The van der Waals surface area contributed by atoms with Gasteiger partial charge in [-0.2, -0.15) is 5.10 Å². The van der Waals surface area contributed by atoms with Gasteiger partial charge in [-0.15, -0.1) is 6.58 Å². The van der Waals surface area contributed by atoms with Gasteiger partial charge in [0.2, 0.25) is 5.88 Å². The van der Waals surface area contributed by atoms with E-state index in [1.165, 1.54) is 12.1 Å². The number of aliphatic hydroxyl groups is 1. The summed E-state index contributed by atoms with van der Waals surface area (Å²) >= 11 is 0. The Hall–Kier alpha value is -2.96. The maximum Gasteiger partial charge on any atom is 0.222 e. The monoisotopic (exact) mass is 437 g/mol. The Labute approximate surface area is 189 Å². The third-order valence-corrected chi connectivity index (χ3v) is 5.40. The fourth-order valence-electron chi connectivity index (χ4n) is 3.60. The molecule has 0 radical (unpaired) electrons. The first-order valence-electron chi connectivity index (χ1n) is 11.0. The average Bonchev–Trinajstić information content (AvgIpc) is 3.09. The molecule has 0 fully saturated rings. The van der Waals surface area contributed by atoms with Crippen LogP contribution in [0.4, 0.5) is 4.39 Å². The maximum absolute atomic E-state index is 13.4. The van der Waals surface area contributed by atoms with Crippen molar-refractivity contribution in [3.63, 3.8) is 0 Å². The molecular formula is C26H32FN3O2. The fraction of sp³-hybridized carbons (Fsp3) is 0.346. The quantitative estimate of drug-likeness (QED) is 0.399. The van der Waals surface area contributed by atoms with Gasteiger partial charge in [0.15, 0.2) is 0 Å². The molecule has 5 nitrogen and oxygen atoms in total. The largest absolute Gasteiger partial charge is 0.439 e. The minimum absolute atomic E-state index is 0.205. The molecule has 1 aromatic heterocycles. The van der Waals surface area contributed by atoms with Crippen LogP contribution in [-0.4, -0.2) is 38.5 Å². The zero-order chi connectivity index (χ0) is 23.1. The fourth-order valence-corrected chi connectivity index (χ4v) is 3.60. The molecule has 170 valence electrons. The molecule has 0 unspecified atom stereocenters. The van der Waals surface area contributed by atoms with E-state index in [1.54, 1.807) is 16.8 Å². The highest BCUT2D eigenvalue weighted by atomic mass is 19.1. The highest BCUT2D eigenvalue weighted by Crippen LogP contribution is 2.34. The van der Waals surface area contributed by atoms with Crippen molar-refractivity contribution < 1.29 is 14.2 Å². The van der Waals surface area contributed by atoms with Crippen molar-refractivity contribution in [3.8, 4) is 22.9 Å². The van der Waals surface area contributed by atoms with Gasteiger partial charge in [-0.05, 0) is 51.0 Å². The molecule has 0 bridgehead atoms. The van der Waals surface area contributed by atoms with E-state index in [4.69, 9.17) is 9.84 Å². The van der Waals surface area contributed by atoms with Gasteiger partial charge in [0.25, 0.3) is 0 Å². The summed E-state index contributed by atoms with van der Waals surface area (Å²) in [5.74, 6) is 0.825. The zero-order valence-corrected chi connectivity index (χ0v) is 19.0. The number of allylic oxidation sites excluding steroid dienone is 1. The van der Waals surface area contributed by atoms with E-state index in [-0.39, 0.29) is 11.9 Å². The Morgan fingerprint density at radius 1 is 1.16 bits per heavy atom. The van der Waals surface area contributed by atoms with Gasteiger partial charge < -0.3 is 9.84 Å². The lowest BCUT2D eigenvalue weighted by molar-refractivity contribution is 0.0851. The van der Waals surface area contributed by atoms with Gasteiger partial charge in [0.1, 0.15) is 17.3 Å². The van der Waals surface area contributed by atoms with Gasteiger partial charge in [-0.25, -0.2) is 9.07 Å². The molecule has 3 rings (SSSR count). The number of rotatable bonds is 11. The van der Waals surface area contributed by atoms with Gasteiger partial charge in [0.05, 0.1) is 11.7 Å². The van der Waals surface area contributed by atoms with Gasteiger partial charge in [-0.1, -0.05) is 36.4 Å². The number of benzene rings is 2. The van der Waals surface area contributed by atoms with Gasteiger partial charge in [-0.3, -0.25) is 4.90 Å². The van der Waals surface area contributed by atoms with Crippen molar-refractivity contribution in [2.24, 2.45) is 7.05 Å². The minimum Gasteiger partial charge on any atom is -0.439 e. The van der Waals surface area contributed by atoms with Crippen LogP contribution in [0.15, 0.2) is 67.3 Å². The molecular weight excluding hydrogens is 405 g/mol. The molecule has 1 atom stereocenters. The van der Waals surface area contributed by atoms with Crippen LogP contribution in [0.25, 0.3) is 11.3 Å². The van der Waals surface area contributed by atoms with Crippen LogP contribution >= 0.6 is 0 Å². The van der Waals surface area contributed by atoms with Crippen LogP contribution in [0.5, 0.6) is 11.6 Å². The molecule has 3 aromatic rings. The van der Waals surface area contributed by atoms with Crippen molar-refractivity contribution >= 4 is 0 Å². The van der Waals surface area contributed by atoms with E-state index in [2.05, 4.69) is 25.3 Å². The second kappa shape index (κ2) is 11.1. The lowest BCUT2D eigenvalue weighted by Crippen LogP contribution is -2.37. The number of ether oxygens (including phenoxy) is 1. The second-order valence-corrected chi connectivity index (χ2v) is 8.22. The molecule has 1 N–H and O–H groups in total. The van der Waals surface area contributed by atoms with E-state index in [9.17, 15) is 9.50 Å². The molecule has 6 heteroatoms. The first-order valence-corrected chi connectivity index (χ1v) is 11.0. The molecule has 0 aliphatic carbocycles. The van der Waals surface area contributed by atoms with Gasteiger partial charge >= 0.3 is 0 Å². The zero-order valence-electron chi connectivity index (χ0n) is 19.0. The van der Waals surface area contributed by atoms with Crippen LogP contribution in [0.2, 0.25) is 0 Å². The number of halogens is 1. The number of nitrogens with zero attached hydrogens (tertiary/aromatic N) is 3. The summed E-state index contributed by atoms with van der Waals surface area (Å²) in [5, 5.41) is 15.3. The topological polar surface area (TPSA) is 50.5 Å². The molecule has 0 spiro atoms. The van der Waals surface area contributed by atoms with Crippen LogP contribution in [0, 0.1) is 5.82 Å². The SMILES string of the molecule is C=CCC[C@@H](O)CN(Cc1c(-c2ccccc2)nn(C)c1Oc1ccc(F)cc1)C(C)C. The van der Waals surface area contributed by atoms with E-state index >= 15 is 0 Å². The first kappa shape index (κ1) is 23.7. The van der Waals surface area contributed by atoms with Crippen molar-refractivity contribution in [1.82, 2.24) is 14.7 Å². The Bertz CT molecular complexity index is 1000. The molecule has 1 heterocycles. The van der Waals surface area contributed by atoms with Crippen LogP contribution in [0.1, 0.15) is 32.3 Å². The van der Waals surface area contributed by atoms with E-state index in [0.29, 0.717) is 31.1 Å². The summed E-state index contributed by atoms with van der Waals surface area (Å²) in [7, 11) is 1.84. The van der Waals surface area contributed by atoms with Crippen LogP contribution < -0.4 is 4.74 Å². The second-order valence-electron chi connectivity index (χ2n) is 8.22. The number of hydrogen-bond acceptors (Lipinski definition) is 4. The van der Waals surface area contributed by atoms with E-state index in [1.807, 2.05) is 43.5 Å². The van der Waals surface area contributed by atoms with E-state index < -0.39 is 6.10 Å². The summed E-state index contributed by atoms with van der Waals surface area (Å²) in [4.78, 5) is 2.22. The first-order chi connectivity index (χ1) is 15.4. The molecule has 0 saturated carbocycles. The minimum atomic E-state index is -0.450. The number of hydrogen-bond donors (Lipinski definition) is 1. The van der Waals surface area contributed by atoms with Crippen molar-refractivity contribution in [2.75, 3.05) is 6.54 Å². The predicted octanol–water partition coefficient (Wildman–Crippen LogP) is 5.56. The van der Waals surface area contributed by atoms with Crippen LogP contribution in [0.3, 0.4) is 0 Å². The number of aromatic nitrogens is 2. The molecule has 0 aliphatic rings. The van der Waals surface area contributed by atoms with Crippen molar-refractivity contribution in [1.29, 1.82) is 0 Å². The lowest BCUT2D eigenvalue weighted by Gasteiger charge is -2.29. The maximum atomic E-state index is 13.4. The lowest BCUT2D eigenvalue weighted by atomic mass is 10.1. The Balaban J connectivity index is 1.98. The summed E-state index contributed by atoms with van der Waals surface area (Å²) in [6, 6.07) is 16.1. The summed E-state index contributed by atoms with van der Waals surface area (Å²) in [6.45, 7) is 9.05. The normalized spacial score (nSPS) is 12.3. The number of aryl methyl sites for hydroxylation is 1. The van der Waals surface area contributed by atoms with Crippen molar-refractivity contribution in [2.45, 2.75) is 45.4 Å². The smallest absolute Gasteiger partial charge is 0.222 e. The van der Waals surface area contributed by atoms with Gasteiger partial charge in [0, 0.05) is 31.7 Å². The summed E-state index contributed by atoms with van der Waals surface area (Å²) < 4.78 is 21.3. The Morgan fingerprint density at radius 3 is 2.47 bits per heavy atom. The number of aliphatic hydroxyl groups excluding tert-OH is 1. The Kier molecular flexibility index (Phi) is 8.20.